The molecule has 1 aromatic heterocycles. The third-order valence-electron chi connectivity index (χ3n) is 2.83. The number of hydrogen-bond acceptors (Lipinski definition) is 4. The Morgan fingerprint density at radius 2 is 1.90 bits per heavy atom. The van der Waals surface area contributed by atoms with Crippen molar-refractivity contribution in [2.24, 2.45) is 0 Å². The van der Waals surface area contributed by atoms with E-state index in [4.69, 9.17) is 16.1 Å². The number of aromatic hydroxyl groups is 1. The summed E-state index contributed by atoms with van der Waals surface area (Å²) in [4.78, 5) is 4.33. The van der Waals surface area contributed by atoms with Crippen LogP contribution in [-0.4, -0.2) is 15.2 Å². The zero-order valence-electron chi connectivity index (χ0n) is 10.5. The summed E-state index contributed by atoms with van der Waals surface area (Å²) in [6.45, 7) is 0. The van der Waals surface area contributed by atoms with Gasteiger partial charge in [-0.1, -0.05) is 28.9 Å². The average molecular weight is 287 g/mol. The number of aromatic nitrogens is 2. The van der Waals surface area contributed by atoms with Gasteiger partial charge in [0.25, 0.3) is 5.89 Å². The van der Waals surface area contributed by atoms with E-state index in [1.165, 1.54) is 0 Å². The summed E-state index contributed by atoms with van der Waals surface area (Å²) in [7, 11) is 0. The molecule has 0 aliphatic heterocycles. The molecular weight excluding hydrogens is 276 g/mol. The lowest BCUT2D eigenvalue weighted by atomic mass is 10.1. The SMILES string of the molecule is Oc1ccc(-c2nc(Cc3cccc(Cl)c3)no2)cc1. The zero-order chi connectivity index (χ0) is 13.9. The van der Waals surface area contributed by atoms with Gasteiger partial charge >= 0.3 is 0 Å². The highest BCUT2D eigenvalue weighted by Gasteiger charge is 2.09. The van der Waals surface area contributed by atoms with Crippen molar-refractivity contribution < 1.29 is 9.63 Å². The number of nitrogens with zero attached hydrogens (tertiary/aromatic N) is 2. The molecule has 0 amide bonds. The van der Waals surface area contributed by atoms with Crippen molar-refractivity contribution in [3.05, 3.63) is 64.9 Å². The Labute approximate surface area is 120 Å². The maximum atomic E-state index is 9.25. The first-order valence-corrected chi connectivity index (χ1v) is 6.45. The lowest BCUT2D eigenvalue weighted by Crippen LogP contribution is -1.90. The molecule has 20 heavy (non-hydrogen) atoms. The Kier molecular flexibility index (Phi) is 3.39. The van der Waals surface area contributed by atoms with E-state index in [-0.39, 0.29) is 5.75 Å². The lowest BCUT2D eigenvalue weighted by molar-refractivity contribution is 0.423. The Bertz CT molecular complexity index is 723. The van der Waals surface area contributed by atoms with Crippen molar-refractivity contribution in [2.75, 3.05) is 0 Å². The van der Waals surface area contributed by atoms with E-state index < -0.39 is 0 Å². The third-order valence-corrected chi connectivity index (χ3v) is 3.07. The first kappa shape index (κ1) is 12.7. The van der Waals surface area contributed by atoms with Crippen LogP contribution in [0.4, 0.5) is 0 Å². The number of halogens is 1. The van der Waals surface area contributed by atoms with Crippen molar-refractivity contribution in [1.82, 2.24) is 10.1 Å². The van der Waals surface area contributed by atoms with Crippen molar-refractivity contribution in [3.8, 4) is 17.2 Å². The van der Waals surface area contributed by atoms with Crippen LogP contribution in [0.25, 0.3) is 11.5 Å². The Hall–Kier alpha value is -2.33. The van der Waals surface area contributed by atoms with Crippen LogP contribution in [0.15, 0.2) is 53.1 Å². The fourth-order valence-corrected chi connectivity index (χ4v) is 2.09. The van der Waals surface area contributed by atoms with Gasteiger partial charge in [0.15, 0.2) is 5.82 Å². The Morgan fingerprint density at radius 1 is 1.10 bits per heavy atom. The van der Waals surface area contributed by atoms with Gasteiger partial charge in [0, 0.05) is 17.0 Å². The van der Waals surface area contributed by atoms with Gasteiger partial charge in [0.05, 0.1) is 0 Å². The minimum Gasteiger partial charge on any atom is -0.508 e. The standard InChI is InChI=1S/C15H11ClN2O2/c16-12-3-1-2-10(8-12)9-14-17-15(20-18-14)11-4-6-13(19)7-5-11/h1-8,19H,9H2. The summed E-state index contributed by atoms with van der Waals surface area (Å²) in [5.74, 6) is 1.23. The molecule has 0 atom stereocenters. The molecule has 2 aromatic carbocycles. The molecule has 0 saturated heterocycles. The molecule has 5 heteroatoms. The Morgan fingerprint density at radius 3 is 2.65 bits per heavy atom. The van der Waals surface area contributed by atoms with E-state index in [1.807, 2.05) is 24.3 Å². The van der Waals surface area contributed by atoms with Crippen LogP contribution in [0.2, 0.25) is 5.02 Å². The maximum absolute atomic E-state index is 9.25. The number of phenols is 1. The molecule has 0 radical (unpaired) electrons. The van der Waals surface area contributed by atoms with Gasteiger partial charge in [-0.15, -0.1) is 0 Å². The molecule has 0 bridgehead atoms. The number of hydrogen-bond donors (Lipinski definition) is 1. The first-order chi connectivity index (χ1) is 9.70. The molecule has 0 aliphatic rings. The van der Waals surface area contributed by atoms with Gasteiger partial charge < -0.3 is 9.63 Å². The molecule has 4 nitrogen and oxygen atoms in total. The van der Waals surface area contributed by atoms with E-state index in [1.54, 1.807) is 24.3 Å². The second-order valence-corrected chi connectivity index (χ2v) is 4.81. The minimum absolute atomic E-state index is 0.201. The summed E-state index contributed by atoms with van der Waals surface area (Å²) in [5, 5.41) is 13.9. The highest BCUT2D eigenvalue weighted by Crippen LogP contribution is 2.21. The number of phenolic OH excluding ortho intramolecular Hbond substituents is 1. The van der Waals surface area contributed by atoms with Crippen LogP contribution < -0.4 is 0 Å². The zero-order valence-corrected chi connectivity index (χ0v) is 11.2. The average Bonchev–Trinajstić information content (AvgIpc) is 2.88. The monoisotopic (exact) mass is 286 g/mol. The van der Waals surface area contributed by atoms with Crippen LogP contribution in [0.3, 0.4) is 0 Å². The maximum Gasteiger partial charge on any atom is 0.257 e. The normalized spacial score (nSPS) is 10.7. The predicted molar refractivity (Wildman–Crippen MR) is 75.7 cm³/mol. The molecule has 100 valence electrons. The summed E-state index contributed by atoms with van der Waals surface area (Å²) in [5.41, 5.74) is 1.79. The second kappa shape index (κ2) is 5.35. The highest BCUT2D eigenvalue weighted by molar-refractivity contribution is 6.30. The van der Waals surface area contributed by atoms with Gasteiger partial charge in [-0.25, -0.2) is 0 Å². The van der Waals surface area contributed by atoms with Crippen LogP contribution in [0.1, 0.15) is 11.4 Å². The fourth-order valence-electron chi connectivity index (χ4n) is 1.88. The van der Waals surface area contributed by atoms with Crippen molar-refractivity contribution in [2.45, 2.75) is 6.42 Å². The molecule has 0 saturated carbocycles. The molecular formula is C15H11ClN2O2. The quantitative estimate of drug-likeness (QED) is 0.798. The number of rotatable bonds is 3. The second-order valence-electron chi connectivity index (χ2n) is 4.37. The summed E-state index contributed by atoms with van der Waals surface area (Å²) in [6.07, 6.45) is 0.558. The molecule has 0 aliphatic carbocycles. The molecule has 1 heterocycles. The van der Waals surface area contributed by atoms with Gasteiger partial charge in [-0.05, 0) is 42.0 Å². The van der Waals surface area contributed by atoms with Crippen LogP contribution >= 0.6 is 11.6 Å². The van der Waals surface area contributed by atoms with E-state index in [0.29, 0.717) is 23.2 Å². The molecule has 3 aromatic rings. The van der Waals surface area contributed by atoms with Crippen molar-refractivity contribution in [1.29, 1.82) is 0 Å². The topological polar surface area (TPSA) is 59.2 Å². The minimum atomic E-state index is 0.201. The van der Waals surface area contributed by atoms with Crippen molar-refractivity contribution >= 4 is 11.6 Å². The van der Waals surface area contributed by atoms with E-state index in [2.05, 4.69) is 10.1 Å². The molecule has 0 fully saturated rings. The molecule has 0 unspecified atom stereocenters. The number of benzene rings is 2. The summed E-state index contributed by atoms with van der Waals surface area (Å²) >= 11 is 5.94. The van der Waals surface area contributed by atoms with Crippen LogP contribution in [-0.2, 0) is 6.42 Å². The molecule has 1 N–H and O–H groups in total. The lowest BCUT2D eigenvalue weighted by Gasteiger charge is -1.96. The molecule has 0 spiro atoms. The van der Waals surface area contributed by atoms with Crippen LogP contribution in [0.5, 0.6) is 5.75 Å². The van der Waals surface area contributed by atoms with Crippen LogP contribution in [0, 0.1) is 0 Å². The summed E-state index contributed by atoms with van der Waals surface area (Å²) in [6, 6.07) is 14.2. The van der Waals surface area contributed by atoms with Crippen molar-refractivity contribution in [3.63, 3.8) is 0 Å². The van der Waals surface area contributed by atoms with E-state index in [9.17, 15) is 5.11 Å². The van der Waals surface area contributed by atoms with E-state index in [0.717, 1.165) is 11.1 Å². The van der Waals surface area contributed by atoms with Gasteiger partial charge in [0.1, 0.15) is 5.75 Å². The van der Waals surface area contributed by atoms with Gasteiger partial charge in [-0.2, -0.15) is 4.98 Å². The highest BCUT2D eigenvalue weighted by atomic mass is 35.5. The van der Waals surface area contributed by atoms with Gasteiger partial charge in [0.2, 0.25) is 0 Å². The smallest absolute Gasteiger partial charge is 0.257 e. The van der Waals surface area contributed by atoms with Gasteiger partial charge in [-0.3, -0.25) is 0 Å². The third kappa shape index (κ3) is 2.81. The van der Waals surface area contributed by atoms with E-state index >= 15 is 0 Å². The first-order valence-electron chi connectivity index (χ1n) is 6.07. The fraction of sp³-hybridized carbons (Fsp3) is 0.0667. The predicted octanol–water partition coefficient (Wildman–Crippen LogP) is 3.69. The Balaban J connectivity index is 1.82. The molecule has 3 rings (SSSR count). The summed E-state index contributed by atoms with van der Waals surface area (Å²) < 4.78 is 5.22. The largest absolute Gasteiger partial charge is 0.508 e.